The lowest BCUT2D eigenvalue weighted by Gasteiger charge is -1.99. The molecule has 0 spiro atoms. The van der Waals surface area contributed by atoms with Gasteiger partial charge in [0.15, 0.2) is 0 Å². The van der Waals surface area contributed by atoms with Crippen LogP contribution in [0.4, 0.5) is 0 Å². The first-order valence-corrected chi connectivity index (χ1v) is 5.79. The van der Waals surface area contributed by atoms with Crippen LogP contribution in [0.15, 0.2) is 42.5 Å². The Morgan fingerprint density at radius 1 is 0.824 bits per heavy atom. The highest BCUT2D eigenvalue weighted by Gasteiger charge is 2.18. The number of rotatable bonds is 0. The summed E-state index contributed by atoms with van der Waals surface area (Å²) in [5.74, 6) is 0.410. The second kappa shape index (κ2) is 3.49. The highest BCUT2D eigenvalue weighted by molar-refractivity contribution is 5.86. The van der Waals surface area contributed by atoms with Crippen molar-refractivity contribution in [1.82, 2.24) is 0 Å². The van der Waals surface area contributed by atoms with Crippen LogP contribution in [0, 0.1) is 0 Å². The van der Waals surface area contributed by atoms with Gasteiger partial charge in [0.2, 0.25) is 0 Å². The first-order valence-electron chi connectivity index (χ1n) is 5.79. The Balaban J connectivity index is 2.58. The highest BCUT2D eigenvalue weighted by atomic mass is 16.3. The van der Waals surface area contributed by atoms with Gasteiger partial charge < -0.3 is 5.11 Å². The Kier molecular flexibility index (Phi) is 2.08. The average molecular weight is 222 g/mol. The van der Waals surface area contributed by atoms with Crippen molar-refractivity contribution in [2.45, 2.75) is 13.8 Å². The summed E-state index contributed by atoms with van der Waals surface area (Å²) in [5, 5.41) is 12.5. The highest BCUT2D eigenvalue weighted by Crippen LogP contribution is 2.28. The summed E-state index contributed by atoms with van der Waals surface area (Å²) >= 11 is 0. The van der Waals surface area contributed by atoms with E-state index in [0.717, 1.165) is 27.1 Å². The van der Waals surface area contributed by atoms with Crippen LogP contribution in [-0.4, -0.2) is 5.11 Å². The summed E-state index contributed by atoms with van der Waals surface area (Å²) in [4.78, 5) is 0. The Morgan fingerprint density at radius 3 is 2.18 bits per heavy atom. The predicted molar refractivity (Wildman–Crippen MR) is 71.0 cm³/mol. The molecule has 0 saturated heterocycles. The molecule has 0 saturated carbocycles. The van der Waals surface area contributed by atoms with Gasteiger partial charge in [-0.05, 0) is 30.2 Å². The SMILES string of the molecule is CC(C)=c1cccc2c1=C(O)c1ccccc1-2. The number of aliphatic hydroxyl groups excluding tert-OH is 1. The number of fused-ring (bicyclic) bond motifs is 3. The summed E-state index contributed by atoms with van der Waals surface area (Å²) in [6, 6.07) is 14.2. The fourth-order valence-corrected chi connectivity index (χ4v) is 2.51. The summed E-state index contributed by atoms with van der Waals surface area (Å²) < 4.78 is 0. The van der Waals surface area contributed by atoms with E-state index in [2.05, 4.69) is 38.1 Å². The molecule has 0 bridgehead atoms. The van der Waals surface area contributed by atoms with Gasteiger partial charge in [0.05, 0.1) is 0 Å². The van der Waals surface area contributed by atoms with Crippen LogP contribution in [0.25, 0.3) is 22.5 Å². The van der Waals surface area contributed by atoms with Crippen LogP contribution in [0.2, 0.25) is 0 Å². The Bertz CT molecular complexity index is 719. The van der Waals surface area contributed by atoms with Crippen LogP contribution < -0.4 is 10.4 Å². The molecule has 1 aliphatic carbocycles. The van der Waals surface area contributed by atoms with Crippen LogP contribution in [0.3, 0.4) is 0 Å². The molecule has 2 aromatic rings. The lowest BCUT2D eigenvalue weighted by atomic mass is 10.0. The molecule has 0 aliphatic heterocycles. The van der Waals surface area contributed by atoms with E-state index in [4.69, 9.17) is 0 Å². The monoisotopic (exact) mass is 222 g/mol. The number of hydrogen-bond acceptors (Lipinski definition) is 1. The van der Waals surface area contributed by atoms with Crippen LogP contribution in [0.1, 0.15) is 19.4 Å². The maximum Gasteiger partial charge on any atom is 0.131 e. The molecule has 0 amide bonds. The van der Waals surface area contributed by atoms with E-state index in [1.165, 1.54) is 5.57 Å². The summed E-state index contributed by atoms with van der Waals surface area (Å²) in [5.41, 5.74) is 4.43. The van der Waals surface area contributed by atoms with Gasteiger partial charge in [-0.2, -0.15) is 0 Å². The molecule has 0 fully saturated rings. The molecule has 84 valence electrons. The molecule has 17 heavy (non-hydrogen) atoms. The first kappa shape index (κ1) is 10.2. The minimum atomic E-state index is 0.410. The van der Waals surface area contributed by atoms with E-state index in [0.29, 0.717) is 5.76 Å². The van der Waals surface area contributed by atoms with Crippen molar-refractivity contribution in [2.75, 3.05) is 0 Å². The van der Waals surface area contributed by atoms with Crippen molar-refractivity contribution < 1.29 is 5.11 Å². The third-order valence-corrected chi connectivity index (χ3v) is 3.31. The zero-order chi connectivity index (χ0) is 12.0. The van der Waals surface area contributed by atoms with Gasteiger partial charge in [0, 0.05) is 10.8 Å². The van der Waals surface area contributed by atoms with Gasteiger partial charge in [-0.3, -0.25) is 0 Å². The van der Waals surface area contributed by atoms with Crippen molar-refractivity contribution in [3.63, 3.8) is 0 Å². The number of benzene rings is 2. The Labute approximate surface area is 100 Å². The summed E-state index contributed by atoms with van der Waals surface area (Å²) in [7, 11) is 0. The predicted octanol–water partition coefficient (Wildman–Crippen LogP) is 2.57. The van der Waals surface area contributed by atoms with E-state index in [1.807, 2.05) is 18.2 Å². The molecule has 1 N–H and O–H groups in total. The molecule has 0 atom stereocenters. The average Bonchev–Trinajstić information content (AvgIpc) is 2.64. The Morgan fingerprint density at radius 2 is 1.47 bits per heavy atom. The molecule has 2 aromatic carbocycles. The molecular formula is C16H14O. The zero-order valence-electron chi connectivity index (χ0n) is 9.99. The third-order valence-electron chi connectivity index (χ3n) is 3.31. The van der Waals surface area contributed by atoms with E-state index < -0.39 is 0 Å². The summed E-state index contributed by atoms with van der Waals surface area (Å²) in [6.07, 6.45) is 0. The van der Waals surface area contributed by atoms with Gasteiger partial charge in [-0.15, -0.1) is 0 Å². The molecule has 0 radical (unpaired) electrons. The van der Waals surface area contributed by atoms with Crippen LogP contribution in [0.5, 0.6) is 0 Å². The molecule has 1 heteroatoms. The van der Waals surface area contributed by atoms with Gasteiger partial charge in [-0.1, -0.05) is 48.0 Å². The van der Waals surface area contributed by atoms with E-state index in [-0.39, 0.29) is 0 Å². The minimum Gasteiger partial charge on any atom is -0.507 e. The lowest BCUT2D eigenvalue weighted by molar-refractivity contribution is 0.509. The second-order valence-corrected chi connectivity index (χ2v) is 4.62. The summed E-state index contributed by atoms with van der Waals surface area (Å²) in [6.45, 7) is 4.15. The maximum atomic E-state index is 10.4. The van der Waals surface area contributed by atoms with Crippen molar-refractivity contribution in [3.05, 3.63) is 58.5 Å². The van der Waals surface area contributed by atoms with Gasteiger partial charge in [0.25, 0.3) is 0 Å². The van der Waals surface area contributed by atoms with Crippen molar-refractivity contribution in [2.24, 2.45) is 0 Å². The lowest BCUT2D eigenvalue weighted by Crippen LogP contribution is -2.28. The first-order chi connectivity index (χ1) is 8.20. The fourth-order valence-electron chi connectivity index (χ4n) is 2.51. The van der Waals surface area contributed by atoms with Crippen molar-refractivity contribution in [1.29, 1.82) is 0 Å². The van der Waals surface area contributed by atoms with Gasteiger partial charge in [-0.25, -0.2) is 0 Å². The maximum absolute atomic E-state index is 10.4. The third kappa shape index (κ3) is 1.32. The molecular weight excluding hydrogens is 208 g/mol. The van der Waals surface area contributed by atoms with Gasteiger partial charge >= 0.3 is 0 Å². The molecule has 0 aromatic heterocycles. The molecule has 0 unspecified atom stereocenters. The number of hydrogen-bond donors (Lipinski definition) is 1. The molecule has 1 aliphatic rings. The minimum absolute atomic E-state index is 0.410. The van der Waals surface area contributed by atoms with E-state index >= 15 is 0 Å². The number of aliphatic hydroxyl groups is 1. The fraction of sp³-hybridized carbons (Fsp3) is 0.125. The van der Waals surface area contributed by atoms with Crippen molar-refractivity contribution >= 4 is 11.3 Å². The quantitative estimate of drug-likeness (QED) is 0.726. The Hall–Kier alpha value is -2.02. The van der Waals surface area contributed by atoms with Crippen LogP contribution >= 0.6 is 0 Å². The van der Waals surface area contributed by atoms with E-state index in [1.54, 1.807) is 0 Å². The zero-order valence-corrected chi connectivity index (χ0v) is 9.99. The molecule has 0 heterocycles. The molecule has 1 nitrogen and oxygen atoms in total. The van der Waals surface area contributed by atoms with Crippen molar-refractivity contribution in [3.8, 4) is 11.1 Å². The topological polar surface area (TPSA) is 20.2 Å². The van der Waals surface area contributed by atoms with E-state index in [9.17, 15) is 5.11 Å². The second-order valence-electron chi connectivity index (χ2n) is 4.62. The smallest absolute Gasteiger partial charge is 0.131 e. The molecule has 3 rings (SSSR count). The normalized spacial score (nSPS) is 12.2. The van der Waals surface area contributed by atoms with Crippen LogP contribution in [-0.2, 0) is 0 Å². The largest absolute Gasteiger partial charge is 0.507 e. The standard InChI is InChI=1S/C16H14O/c1-10(2)11-8-5-9-13-12-6-3-4-7-14(12)16(17)15(11)13/h3-9,17H,1-2H3. The van der Waals surface area contributed by atoms with Gasteiger partial charge in [0.1, 0.15) is 5.76 Å².